The van der Waals surface area contributed by atoms with Gasteiger partial charge in [0, 0.05) is 0 Å². The van der Waals surface area contributed by atoms with E-state index in [1.807, 2.05) is 0 Å². The van der Waals surface area contributed by atoms with E-state index in [4.69, 9.17) is 0 Å². The molecule has 0 aromatic heterocycles. The molecule has 0 saturated carbocycles. The Hall–Kier alpha value is -0.355. The maximum absolute atomic E-state index is 10.8. The molecule has 0 aliphatic carbocycles. The highest BCUT2D eigenvalue weighted by molar-refractivity contribution is 6.40. The van der Waals surface area contributed by atoms with Gasteiger partial charge >= 0.3 is 19.4 Å². The van der Waals surface area contributed by atoms with Gasteiger partial charge in [-0.1, -0.05) is 0 Å². The molecule has 0 spiro atoms. The average molecular weight is 149 g/mol. The van der Waals surface area contributed by atoms with Gasteiger partial charge in [0.1, 0.15) is 0 Å². The monoisotopic (exact) mass is 149 g/mol. The summed E-state index contributed by atoms with van der Waals surface area (Å²) in [5.41, 5.74) is 0. The van der Waals surface area contributed by atoms with E-state index in [9.17, 15) is 26.3 Å². The third kappa shape index (κ3) is 7.64. The third-order valence-electron chi connectivity index (χ3n) is 0.327. The number of hydrogen-bond donors (Lipinski definition) is 0. The number of halogens is 6. The summed E-state index contributed by atoms with van der Waals surface area (Å²) in [4.78, 5) is 0. The second-order valence-electron chi connectivity index (χ2n) is 1.23. The minimum atomic E-state index is -5.27. The molecule has 0 N–H and O–H groups in total. The van der Waals surface area contributed by atoms with Gasteiger partial charge < -0.3 is 0 Å². The predicted octanol–water partition coefficient (Wildman–Crippen LogP) is 1.73. The second kappa shape index (κ2) is 2.11. The van der Waals surface area contributed by atoms with Crippen molar-refractivity contribution in [2.45, 2.75) is 12.2 Å². The summed E-state index contributed by atoms with van der Waals surface area (Å²) in [6, 6.07) is 0. The van der Waals surface area contributed by atoms with Crippen molar-refractivity contribution in [3.05, 3.63) is 0 Å². The van der Waals surface area contributed by atoms with E-state index in [0.717, 1.165) is 0 Å². The van der Waals surface area contributed by atoms with Crippen LogP contribution in [0.1, 0.15) is 0 Å². The number of alkyl halides is 6. The summed E-state index contributed by atoms with van der Waals surface area (Å²) >= 11 is 0. The fourth-order valence-corrected chi connectivity index (χ4v) is 0.186. The van der Waals surface area contributed by atoms with Crippen molar-refractivity contribution in [2.24, 2.45) is 0 Å². The molecule has 0 heterocycles. The molecule has 0 fully saturated rings. The minimum absolute atomic E-state index is 1.62. The highest BCUT2D eigenvalue weighted by Crippen LogP contribution is 2.23. The average Bonchev–Trinajstić information content (AvgIpc) is 1.14. The number of rotatable bonds is 0. The maximum Gasteiger partial charge on any atom is 0.392 e. The van der Waals surface area contributed by atoms with Crippen LogP contribution in [-0.2, 0) is 0 Å². The van der Waals surface area contributed by atoms with Crippen LogP contribution in [-0.4, -0.2) is 19.4 Å². The van der Waals surface area contributed by atoms with Crippen LogP contribution in [0.4, 0.5) is 26.3 Å². The Kier molecular flexibility index (Phi) is 2.03. The molecule has 0 unspecified atom stereocenters. The van der Waals surface area contributed by atoms with Crippen molar-refractivity contribution in [3.63, 3.8) is 0 Å². The normalized spacial score (nSPS) is 13.6. The molecule has 0 atom stereocenters. The first-order valence-electron chi connectivity index (χ1n) is 1.71. The van der Waals surface area contributed by atoms with E-state index in [2.05, 4.69) is 0 Å². The summed E-state index contributed by atoms with van der Waals surface area (Å²) in [7, 11) is -1.62. The SMILES string of the molecule is FC(F)(F)[B]C(F)(F)F. The van der Waals surface area contributed by atoms with Crippen LogP contribution >= 0.6 is 0 Å². The van der Waals surface area contributed by atoms with E-state index in [1.54, 1.807) is 0 Å². The molecule has 0 aliphatic rings. The Morgan fingerprint density at radius 1 is 0.667 bits per heavy atom. The molecule has 0 rings (SSSR count). The topological polar surface area (TPSA) is 0 Å². The first kappa shape index (κ1) is 8.64. The van der Waals surface area contributed by atoms with E-state index >= 15 is 0 Å². The Morgan fingerprint density at radius 2 is 0.889 bits per heavy atom. The zero-order chi connectivity index (χ0) is 7.71. The zero-order valence-corrected chi connectivity index (χ0v) is 3.85. The fourth-order valence-electron chi connectivity index (χ4n) is 0.186. The largest absolute Gasteiger partial charge is 0.392 e. The summed E-state index contributed by atoms with van der Waals surface area (Å²) < 4.78 is 64.7. The Morgan fingerprint density at radius 3 is 0.889 bits per heavy atom. The molecule has 0 aromatic rings. The Bertz CT molecular complexity index is 76.2. The van der Waals surface area contributed by atoms with E-state index < -0.39 is 19.4 Å². The van der Waals surface area contributed by atoms with Crippen LogP contribution < -0.4 is 0 Å². The third-order valence-corrected chi connectivity index (χ3v) is 0.327. The molecular formula is C2BF6. The molecular weight excluding hydrogens is 149 g/mol. The first-order chi connectivity index (χ1) is 3.71. The van der Waals surface area contributed by atoms with Gasteiger partial charge in [0.2, 0.25) is 0 Å². The van der Waals surface area contributed by atoms with Crippen LogP contribution in [0.2, 0.25) is 0 Å². The lowest BCUT2D eigenvalue weighted by atomic mass is 9.77. The Balaban J connectivity index is 3.75. The summed E-state index contributed by atoms with van der Waals surface area (Å²) in [5, 5.41) is 0. The van der Waals surface area contributed by atoms with E-state index in [0.29, 0.717) is 0 Å². The van der Waals surface area contributed by atoms with Crippen LogP contribution in [0.5, 0.6) is 0 Å². The van der Waals surface area contributed by atoms with Crippen LogP contribution in [0.15, 0.2) is 0 Å². The molecule has 9 heavy (non-hydrogen) atoms. The lowest BCUT2D eigenvalue weighted by molar-refractivity contribution is -0.0955. The van der Waals surface area contributed by atoms with Crippen molar-refractivity contribution in [1.29, 1.82) is 0 Å². The predicted molar refractivity (Wildman–Crippen MR) is 17.9 cm³/mol. The Labute approximate surface area is 47.1 Å². The molecule has 7 heteroatoms. The smallest absolute Gasteiger partial charge is 0.182 e. The lowest BCUT2D eigenvalue weighted by Gasteiger charge is -2.06. The second-order valence-corrected chi connectivity index (χ2v) is 1.23. The van der Waals surface area contributed by atoms with Crippen LogP contribution in [0, 0.1) is 0 Å². The first-order valence-corrected chi connectivity index (χ1v) is 1.71. The van der Waals surface area contributed by atoms with Gasteiger partial charge in [-0.05, 0) is 0 Å². The molecule has 0 aliphatic heterocycles. The summed E-state index contributed by atoms with van der Waals surface area (Å²) in [6.07, 6.45) is -10.5. The van der Waals surface area contributed by atoms with Gasteiger partial charge in [-0.2, -0.15) is 26.3 Å². The lowest BCUT2D eigenvalue weighted by Crippen LogP contribution is -2.32. The van der Waals surface area contributed by atoms with E-state index in [1.165, 1.54) is 0 Å². The van der Waals surface area contributed by atoms with Crippen LogP contribution in [0.3, 0.4) is 0 Å². The van der Waals surface area contributed by atoms with Gasteiger partial charge in [0.15, 0.2) is 0 Å². The molecule has 0 amide bonds. The summed E-state index contributed by atoms with van der Waals surface area (Å²) in [6.45, 7) is 0. The minimum Gasteiger partial charge on any atom is -0.182 e. The molecule has 0 bridgehead atoms. The molecule has 1 radical (unpaired) electrons. The van der Waals surface area contributed by atoms with Gasteiger partial charge in [-0.15, -0.1) is 0 Å². The van der Waals surface area contributed by atoms with Crippen molar-refractivity contribution in [2.75, 3.05) is 0 Å². The van der Waals surface area contributed by atoms with Crippen molar-refractivity contribution >= 4 is 7.28 Å². The fraction of sp³-hybridized carbons (Fsp3) is 1.00. The van der Waals surface area contributed by atoms with Gasteiger partial charge in [0.05, 0.1) is 0 Å². The number of hydrogen-bond acceptors (Lipinski definition) is 0. The molecule has 0 saturated heterocycles. The van der Waals surface area contributed by atoms with Gasteiger partial charge in [0.25, 0.3) is 0 Å². The molecule has 0 aromatic carbocycles. The molecule has 53 valence electrons. The maximum atomic E-state index is 10.8. The van der Waals surface area contributed by atoms with Crippen molar-refractivity contribution in [3.8, 4) is 0 Å². The quantitative estimate of drug-likeness (QED) is 0.363. The van der Waals surface area contributed by atoms with Crippen molar-refractivity contribution in [1.82, 2.24) is 0 Å². The van der Waals surface area contributed by atoms with E-state index in [-0.39, 0.29) is 0 Å². The zero-order valence-electron chi connectivity index (χ0n) is 3.85. The standard InChI is InChI=1S/C2BF6/c4-1(5,6)3-2(7,8)9. The van der Waals surface area contributed by atoms with Crippen molar-refractivity contribution < 1.29 is 26.3 Å². The summed E-state index contributed by atoms with van der Waals surface area (Å²) in [5.74, 6) is 0. The highest BCUT2D eigenvalue weighted by Gasteiger charge is 2.46. The van der Waals surface area contributed by atoms with Gasteiger partial charge in [-0.3, -0.25) is 0 Å². The van der Waals surface area contributed by atoms with Gasteiger partial charge in [-0.25, -0.2) is 0 Å². The highest BCUT2D eigenvalue weighted by atomic mass is 19.4. The van der Waals surface area contributed by atoms with Crippen LogP contribution in [0.25, 0.3) is 0 Å². The molecule has 0 nitrogen and oxygen atoms in total.